The van der Waals surface area contributed by atoms with Crippen LogP contribution in [0.15, 0.2) is 24.3 Å². The van der Waals surface area contributed by atoms with Gasteiger partial charge in [0.2, 0.25) is 5.91 Å². The van der Waals surface area contributed by atoms with Crippen LogP contribution in [0.2, 0.25) is 0 Å². The maximum atomic E-state index is 11.9. The van der Waals surface area contributed by atoms with Crippen molar-refractivity contribution in [1.82, 2.24) is 10.2 Å². The van der Waals surface area contributed by atoms with Gasteiger partial charge in [0.1, 0.15) is 0 Å². The summed E-state index contributed by atoms with van der Waals surface area (Å²) < 4.78 is 0. The molecule has 2 amide bonds. The molecule has 6 heteroatoms. The van der Waals surface area contributed by atoms with Crippen LogP contribution in [0.3, 0.4) is 0 Å². The molecule has 1 atom stereocenters. The van der Waals surface area contributed by atoms with Gasteiger partial charge in [-0.1, -0.05) is 40.1 Å². The Bertz CT molecular complexity index is 540. The zero-order valence-corrected chi connectivity index (χ0v) is 16.0. The molecule has 0 bridgehead atoms. The molecule has 1 aromatic carbocycles. The van der Waals surface area contributed by atoms with Crippen LogP contribution in [0.4, 0.5) is 0 Å². The minimum absolute atomic E-state index is 0.00980. The van der Waals surface area contributed by atoms with Gasteiger partial charge in [0.15, 0.2) is 0 Å². The number of rotatable bonds is 8. The zero-order valence-electron chi connectivity index (χ0n) is 14.4. The number of nitrogens with zero attached hydrogens (tertiary/aromatic N) is 1. The molecule has 1 unspecified atom stereocenters. The minimum Gasteiger partial charge on any atom is -0.352 e. The Morgan fingerprint density at radius 1 is 1.21 bits per heavy atom. The molecule has 1 aliphatic rings. The van der Waals surface area contributed by atoms with E-state index >= 15 is 0 Å². The fourth-order valence-corrected chi connectivity index (χ4v) is 5.56. The molecule has 4 nitrogen and oxygen atoms in total. The van der Waals surface area contributed by atoms with Gasteiger partial charge in [0, 0.05) is 43.6 Å². The van der Waals surface area contributed by atoms with Crippen molar-refractivity contribution in [2.24, 2.45) is 0 Å². The highest BCUT2D eigenvalue weighted by Crippen LogP contribution is 2.39. The summed E-state index contributed by atoms with van der Waals surface area (Å²) in [5, 5.41) is 3.75. The first kappa shape index (κ1) is 19.2. The first-order valence-electron chi connectivity index (χ1n) is 8.42. The number of carbonyl (C=O) groups excluding carboxylic acids is 2. The van der Waals surface area contributed by atoms with Crippen LogP contribution in [-0.4, -0.2) is 41.8 Å². The summed E-state index contributed by atoms with van der Waals surface area (Å²) in [6.45, 7) is 0.518. The van der Waals surface area contributed by atoms with Crippen LogP contribution in [-0.2, 0) is 11.3 Å². The van der Waals surface area contributed by atoms with Crippen molar-refractivity contribution in [3.05, 3.63) is 35.4 Å². The van der Waals surface area contributed by atoms with Crippen LogP contribution in [0, 0.1) is 0 Å². The predicted molar refractivity (Wildman–Crippen MR) is 103 cm³/mol. The molecule has 1 N–H and O–H groups in total. The lowest BCUT2D eigenvalue weighted by Gasteiger charge is -2.11. The molecule has 1 heterocycles. The Labute approximate surface area is 152 Å². The summed E-state index contributed by atoms with van der Waals surface area (Å²) in [5.74, 6) is 1.37. The Morgan fingerprint density at radius 3 is 2.58 bits per heavy atom. The highest BCUT2D eigenvalue weighted by Gasteiger charge is 2.15. The average molecular weight is 367 g/mol. The summed E-state index contributed by atoms with van der Waals surface area (Å²) >= 11 is 0. The zero-order chi connectivity index (χ0) is 17.4. The SMILES string of the molecule is CN(C)C(=O)c1ccc(CNC(=O)CCCCC2CCSS2)cc1. The van der Waals surface area contributed by atoms with E-state index in [1.807, 2.05) is 33.7 Å². The minimum atomic E-state index is -0.00980. The molecule has 24 heavy (non-hydrogen) atoms. The van der Waals surface area contributed by atoms with Crippen LogP contribution < -0.4 is 5.32 Å². The van der Waals surface area contributed by atoms with Crippen molar-refractivity contribution < 1.29 is 9.59 Å². The van der Waals surface area contributed by atoms with Gasteiger partial charge in [-0.2, -0.15) is 0 Å². The molecule has 2 rings (SSSR count). The monoisotopic (exact) mass is 366 g/mol. The van der Waals surface area contributed by atoms with Crippen LogP contribution >= 0.6 is 21.6 Å². The lowest BCUT2D eigenvalue weighted by molar-refractivity contribution is -0.121. The first-order valence-corrected chi connectivity index (χ1v) is 10.8. The van der Waals surface area contributed by atoms with E-state index in [9.17, 15) is 9.59 Å². The van der Waals surface area contributed by atoms with Crippen LogP contribution in [0.25, 0.3) is 0 Å². The fourth-order valence-electron chi connectivity index (χ4n) is 2.53. The Kier molecular flexibility index (Phi) is 7.99. The van der Waals surface area contributed by atoms with Gasteiger partial charge >= 0.3 is 0 Å². The highest BCUT2D eigenvalue weighted by molar-refractivity contribution is 8.77. The molecule has 132 valence electrons. The maximum absolute atomic E-state index is 11.9. The topological polar surface area (TPSA) is 49.4 Å². The smallest absolute Gasteiger partial charge is 0.253 e. The van der Waals surface area contributed by atoms with E-state index in [-0.39, 0.29) is 11.8 Å². The normalized spacial score (nSPS) is 16.8. The lowest BCUT2D eigenvalue weighted by Crippen LogP contribution is -2.23. The molecular weight excluding hydrogens is 340 g/mol. The van der Waals surface area contributed by atoms with Crippen molar-refractivity contribution >= 4 is 33.4 Å². The van der Waals surface area contributed by atoms with Crippen molar-refractivity contribution in [2.45, 2.75) is 43.9 Å². The number of benzene rings is 1. The Morgan fingerprint density at radius 2 is 1.96 bits per heavy atom. The summed E-state index contributed by atoms with van der Waals surface area (Å²) in [7, 11) is 7.45. The van der Waals surface area contributed by atoms with Crippen molar-refractivity contribution in [3.8, 4) is 0 Å². The average Bonchev–Trinajstić information content (AvgIpc) is 3.10. The highest BCUT2D eigenvalue weighted by atomic mass is 33.1. The summed E-state index contributed by atoms with van der Waals surface area (Å²) in [4.78, 5) is 25.3. The maximum Gasteiger partial charge on any atom is 0.253 e. The van der Waals surface area contributed by atoms with Gasteiger partial charge in [-0.3, -0.25) is 9.59 Å². The molecular formula is C18H26N2O2S2. The van der Waals surface area contributed by atoms with E-state index in [1.165, 1.54) is 18.6 Å². The van der Waals surface area contributed by atoms with Gasteiger partial charge in [0.05, 0.1) is 0 Å². The van der Waals surface area contributed by atoms with Gasteiger partial charge < -0.3 is 10.2 Å². The molecule has 0 aliphatic carbocycles. The molecule has 0 saturated carbocycles. The lowest BCUT2D eigenvalue weighted by atomic mass is 10.1. The standard InChI is InChI=1S/C18H26N2O2S2/c1-20(2)18(22)15-9-7-14(8-10-15)13-19-17(21)6-4-3-5-16-11-12-23-24-16/h7-10,16H,3-6,11-13H2,1-2H3,(H,19,21). The summed E-state index contributed by atoms with van der Waals surface area (Å²) in [6.07, 6.45) is 5.23. The fraction of sp³-hybridized carbons (Fsp3) is 0.556. The third kappa shape index (κ3) is 6.40. The van der Waals surface area contributed by atoms with E-state index in [0.717, 1.165) is 23.7 Å². The van der Waals surface area contributed by atoms with Crippen LogP contribution in [0.1, 0.15) is 48.0 Å². The van der Waals surface area contributed by atoms with E-state index < -0.39 is 0 Å². The third-order valence-corrected chi connectivity index (χ3v) is 7.01. The number of carbonyl (C=O) groups is 2. The number of hydrogen-bond donors (Lipinski definition) is 1. The van der Waals surface area contributed by atoms with E-state index in [0.29, 0.717) is 18.5 Å². The van der Waals surface area contributed by atoms with Gasteiger partial charge in [-0.05, 0) is 37.0 Å². The Balaban J connectivity index is 1.63. The second-order valence-corrected chi connectivity index (χ2v) is 9.04. The molecule has 1 saturated heterocycles. The summed E-state index contributed by atoms with van der Waals surface area (Å²) in [5.41, 5.74) is 1.68. The quantitative estimate of drug-likeness (QED) is 0.563. The van der Waals surface area contributed by atoms with Gasteiger partial charge in [-0.25, -0.2) is 0 Å². The Hall–Kier alpha value is -1.14. The summed E-state index contributed by atoms with van der Waals surface area (Å²) in [6, 6.07) is 7.40. The second-order valence-electron chi connectivity index (χ2n) is 6.25. The first-order chi connectivity index (χ1) is 11.6. The van der Waals surface area contributed by atoms with Gasteiger partial charge in [-0.15, -0.1) is 0 Å². The van der Waals surface area contributed by atoms with Gasteiger partial charge in [0.25, 0.3) is 5.91 Å². The number of amides is 2. The number of unbranched alkanes of at least 4 members (excludes halogenated alkanes) is 1. The van der Waals surface area contributed by atoms with E-state index in [4.69, 9.17) is 0 Å². The molecule has 0 radical (unpaired) electrons. The molecule has 0 aromatic heterocycles. The number of nitrogens with one attached hydrogen (secondary N) is 1. The van der Waals surface area contributed by atoms with Crippen molar-refractivity contribution in [1.29, 1.82) is 0 Å². The van der Waals surface area contributed by atoms with Crippen molar-refractivity contribution in [2.75, 3.05) is 19.8 Å². The number of hydrogen-bond acceptors (Lipinski definition) is 4. The second kappa shape index (κ2) is 9.99. The molecule has 1 fully saturated rings. The van der Waals surface area contributed by atoms with E-state index in [2.05, 4.69) is 5.32 Å². The van der Waals surface area contributed by atoms with Crippen LogP contribution in [0.5, 0.6) is 0 Å². The predicted octanol–water partition coefficient (Wildman–Crippen LogP) is 3.72. The molecule has 1 aromatic rings. The molecule has 1 aliphatic heterocycles. The third-order valence-electron chi connectivity index (χ3n) is 4.00. The largest absolute Gasteiger partial charge is 0.352 e. The van der Waals surface area contributed by atoms with Crippen molar-refractivity contribution in [3.63, 3.8) is 0 Å². The van der Waals surface area contributed by atoms with E-state index in [1.54, 1.807) is 31.1 Å². The molecule has 0 spiro atoms.